The molecular formula is C9H5BrFN3OS. The van der Waals surface area contributed by atoms with Crippen molar-refractivity contribution in [3.05, 3.63) is 39.6 Å². The largest absolute Gasteiger partial charge is 0.321 e. The Hall–Kier alpha value is -1.34. The average Bonchev–Trinajstić information content (AvgIpc) is 2.77. The highest BCUT2D eigenvalue weighted by Crippen LogP contribution is 2.20. The van der Waals surface area contributed by atoms with Gasteiger partial charge < -0.3 is 5.32 Å². The minimum atomic E-state index is -0.377. The smallest absolute Gasteiger partial charge is 0.269 e. The summed E-state index contributed by atoms with van der Waals surface area (Å²) >= 11 is 4.04. The van der Waals surface area contributed by atoms with Crippen molar-refractivity contribution in [2.75, 3.05) is 5.32 Å². The number of benzene rings is 1. The number of halogens is 2. The molecule has 0 atom stereocenters. The number of nitrogens with zero attached hydrogens (tertiary/aromatic N) is 2. The topological polar surface area (TPSA) is 54.9 Å². The fourth-order valence-electron chi connectivity index (χ4n) is 1.03. The maximum absolute atomic E-state index is 12.9. The first-order valence-corrected chi connectivity index (χ1v) is 5.77. The van der Waals surface area contributed by atoms with Crippen LogP contribution in [-0.2, 0) is 0 Å². The molecule has 1 aromatic carbocycles. The molecule has 0 spiro atoms. The summed E-state index contributed by atoms with van der Waals surface area (Å²) in [6.45, 7) is 0. The van der Waals surface area contributed by atoms with Crippen LogP contribution in [0.5, 0.6) is 0 Å². The van der Waals surface area contributed by atoms with E-state index in [1.54, 1.807) is 0 Å². The number of rotatable bonds is 2. The summed E-state index contributed by atoms with van der Waals surface area (Å²) in [7, 11) is 0. The lowest BCUT2D eigenvalue weighted by Crippen LogP contribution is -2.10. The molecule has 0 aliphatic heterocycles. The first-order chi connectivity index (χ1) is 7.66. The molecule has 1 N–H and O–H groups in total. The SMILES string of the molecule is O=C(Nc1ccc(F)c(Br)c1)c1cnns1. The number of aromatic nitrogens is 2. The fraction of sp³-hybridized carbons (Fsp3) is 0. The Bertz CT molecular complexity index is 517. The highest BCUT2D eigenvalue weighted by atomic mass is 79.9. The van der Waals surface area contributed by atoms with Crippen LogP contribution in [0.3, 0.4) is 0 Å². The quantitative estimate of drug-likeness (QED) is 0.928. The third-order valence-electron chi connectivity index (χ3n) is 1.76. The molecule has 7 heteroatoms. The summed E-state index contributed by atoms with van der Waals surface area (Å²) in [4.78, 5) is 12.0. The highest BCUT2D eigenvalue weighted by Gasteiger charge is 2.09. The van der Waals surface area contributed by atoms with E-state index in [4.69, 9.17) is 0 Å². The van der Waals surface area contributed by atoms with Crippen molar-refractivity contribution in [3.63, 3.8) is 0 Å². The van der Waals surface area contributed by atoms with Crippen LogP contribution < -0.4 is 5.32 Å². The summed E-state index contributed by atoms with van der Waals surface area (Å²) in [5.41, 5.74) is 0.506. The van der Waals surface area contributed by atoms with Gasteiger partial charge in [0.05, 0.1) is 10.7 Å². The van der Waals surface area contributed by atoms with Crippen molar-refractivity contribution >= 4 is 39.1 Å². The molecule has 0 unspecified atom stereocenters. The number of carbonyl (C=O) groups excluding carboxylic acids is 1. The predicted molar refractivity (Wildman–Crippen MR) is 62.0 cm³/mol. The third-order valence-corrected chi connectivity index (χ3v) is 3.03. The minimum absolute atomic E-state index is 0.299. The van der Waals surface area contributed by atoms with Crippen molar-refractivity contribution < 1.29 is 9.18 Å². The molecule has 0 aliphatic rings. The van der Waals surface area contributed by atoms with E-state index in [-0.39, 0.29) is 11.7 Å². The van der Waals surface area contributed by atoms with Crippen molar-refractivity contribution in [2.24, 2.45) is 0 Å². The van der Waals surface area contributed by atoms with Gasteiger partial charge in [-0.1, -0.05) is 4.49 Å². The van der Waals surface area contributed by atoms with Gasteiger partial charge in [-0.3, -0.25) is 4.79 Å². The van der Waals surface area contributed by atoms with Crippen molar-refractivity contribution in [2.45, 2.75) is 0 Å². The fourth-order valence-corrected chi connectivity index (χ4v) is 1.82. The van der Waals surface area contributed by atoms with Crippen LogP contribution >= 0.6 is 27.5 Å². The Morgan fingerprint density at radius 1 is 1.50 bits per heavy atom. The Balaban J connectivity index is 2.15. The Morgan fingerprint density at radius 2 is 2.31 bits per heavy atom. The molecular weight excluding hydrogens is 297 g/mol. The standard InChI is InChI=1S/C9H5BrFN3OS/c10-6-3-5(1-2-7(6)11)13-9(15)8-4-12-14-16-8/h1-4H,(H,13,15). The van der Waals surface area contributed by atoms with Gasteiger partial charge in [-0.05, 0) is 45.7 Å². The molecule has 0 bridgehead atoms. The Labute approximate surface area is 103 Å². The molecule has 1 amide bonds. The molecule has 0 aliphatic carbocycles. The molecule has 1 aromatic heterocycles. The molecule has 1 heterocycles. The van der Waals surface area contributed by atoms with Crippen molar-refractivity contribution in [3.8, 4) is 0 Å². The zero-order chi connectivity index (χ0) is 11.5. The maximum Gasteiger partial charge on any atom is 0.269 e. The summed E-state index contributed by atoms with van der Waals surface area (Å²) < 4.78 is 16.8. The number of hydrogen-bond donors (Lipinski definition) is 1. The van der Waals surface area contributed by atoms with E-state index in [1.165, 1.54) is 24.4 Å². The average molecular weight is 302 g/mol. The molecule has 82 valence electrons. The van der Waals surface area contributed by atoms with Gasteiger partial charge in [0.2, 0.25) is 0 Å². The van der Waals surface area contributed by atoms with Crippen LogP contribution in [-0.4, -0.2) is 15.5 Å². The van der Waals surface area contributed by atoms with Gasteiger partial charge in [0.15, 0.2) is 0 Å². The zero-order valence-electron chi connectivity index (χ0n) is 7.78. The summed E-state index contributed by atoms with van der Waals surface area (Å²) in [6.07, 6.45) is 1.37. The van der Waals surface area contributed by atoms with Gasteiger partial charge in [0, 0.05) is 5.69 Å². The van der Waals surface area contributed by atoms with E-state index in [0.29, 0.717) is 15.0 Å². The van der Waals surface area contributed by atoms with Gasteiger partial charge in [-0.25, -0.2) is 4.39 Å². The first-order valence-electron chi connectivity index (χ1n) is 4.20. The number of amides is 1. The van der Waals surface area contributed by atoms with Gasteiger partial charge in [0.1, 0.15) is 10.7 Å². The molecule has 0 fully saturated rings. The van der Waals surface area contributed by atoms with E-state index >= 15 is 0 Å². The molecule has 0 saturated carbocycles. The Morgan fingerprint density at radius 3 is 2.94 bits per heavy atom. The van der Waals surface area contributed by atoms with Crippen LogP contribution in [0.2, 0.25) is 0 Å². The van der Waals surface area contributed by atoms with Gasteiger partial charge in [-0.15, -0.1) is 5.10 Å². The number of anilines is 1. The summed E-state index contributed by atoms with van der Waals surface area (Å²) in [6, 6.07) is 4.23. The normalized spacial score (nSPS) is 10.1. The second-order valence-corrected chi connectivity index (χ2v) is 4.50. The van der Waals surface area contributed by atoms with Gasteiger partial charge in [0.25, 0.3) is 5.91 Å². The van der Waals surface area contributed by atoms with Crippen molar-refractivity contribution in [1.82, 2.24) is 9.59 Å². The lowest BCUT2D eigenvalue weighted by Gasteiger charge is -2.03. The third kappa shape index (κ3) is 2.42. The molecule has 0 saturated heterocycles. The summed E-state index contributed by atoms with van der Waals surface area (Å²) in [5.74, 6) is -0.689. The van der Waals surface area contributed by atoms with Gasteiger partial charge >= 0.3 is 0 Å². The van der Waals surface area contributed by atoms with Crippen LogP contribution in [0.1, 0.15) is 9.67 Å². The van der Waals surface area contributed by atoms with Crippen LogP contribution in [0.25, 0.3) is 0 Å². The molecule has 2 rings (SSSR count). The molecule has 2 aromatic rings. The molecule has 0 radical (unpaired) electrons. The second kappa shape index (κ2) is 4.67. The predicted octanol–water partition coefficient (Wildman–Crippen LogP) is 2.69. The van der Waals surface area contributed by atoms with E-state index < -0.39 is 0 Å². The van der Waals surface area contributed by atoms with E-state index in [0.717, 1.165) is 11.5 Å². The van der Waals surface area contributed by atoms with Crippen molar-refractivity contribution in [1.29, 1.82) is 0 Å². The lowest BCUT2D eigenvalue weighted by molar-refractivity contribution is 0.103. The lowest BCUT2D eigenvalue weighted by atomic mass is 10.3. The van der Waals surface area contributed by atoms with Crippen LogP contribution in [0.4, 0.5) is 10.1 Å². The van der Waals surface area contributed by atoms with E-state index in [2.05, 4.69) is 30.8 Å². The number of hydrogen-bond acceptors (Lipinski definition) is 4. The van der Waals surface area contributed by atoms with Crippen LogP contribution in [0.15, 0.2) is 28.9 Å². The minimum Gasteiger partial charge on any atom is -0.321 e. The number of carbonyl (C=O) groups is 1. The second-order valence-electron chi connectivity index (χ2n) is 2.86. The molecule has 16 heavy (non-hydrogen) atoms. The maximum atomic E-state index is 12.9. The van der Waals surface area contributed by atoms with Gasteiger partial charge in [-0.2, -0.15) is 0 Å². The van der Waals surface area contributed by atoms with E-state index in [1.807, 2.05) is 0 Å². The zero-order valence-corrected chi connectivity index (χ0v) is 10.2. The summed E-state index contributed by atoms with van der Waals surface area (Å²) in [5, 5.41) is 6.16. The molecule has 4 nitrogen and oxygen atoms in total. The van der Waals surface area contributed by atoms with E-state index in [9.17, 15) is 9.18 Å². The van der Waals surface area contributed by atoms with Crippen LogP contribution in [0, 0.1) is 5.82 Å². The highest BCUT2D eigenvalue weighted by molar-refractivity contribution is 9.10. The Kier molecular flexibility index (Phi) is 3.25. The number of nitrogens with one attached hydrogen (secondary N) is 1. The first kappa shape index (κ1) is 11.2. The monoisotopic (exact) mass is 301 g/mol.